The van der Waals surface area contributed by atoms with E-state index in [-0.39, 0.29) is 18.0 Å². The van der Waals surface area contributed by atoms with Gasteiger partial charge < -0.3 is 9.47 Å². The highest BCUT2D eigenvalue weighted by Crippen LogP contribution is 2.11. The Kier molecular flexibility index (Phi) is 6.73. The van der Waals surface area contributed by atoms with Crippen LogP contribution in [0.15, 0.2) is 29.2 Å². The van der Waals surface area contributed by atoms with Crippen molar-refractivity contribution < 1.29 is 22.7 Å². The summed E-state index contributed by atoms with van der Waals surface area (Å²) in [6.07, 6.45) is 0. The Morgan fingerprint density at radius 3 is 2.50 bits per heavy atom. The predicted molar refractivity (Wildman–Crippen MR) is 89.2 cm³/mol. The van der Waals surface area contributed by atoms with Crippen LogP contribution in [0.5, 0.6) is 0 Å². The summed E-state index contributed by atoms with van der Waals surface area (Å²) in [5.41, 5.74) is 0.978. The summed E-state index contributed by atoms with van der Waals surface area (Å²) in [6.45, 7) is 6.00. The van der Waals surface area contributed by atoms with Gasteiger partial charge >= 0.3 is 5.97 Å². The van der Waals surface area contributed by atoms with Gasteiger partial charge in [-0.2, -0.15) is 0 Å². The van der Waals surface area contributed by atoms with Gasteiger partial charge in [0, 0.05) is 19.6 Å². The van der Waals surface area contributed by atoms with Gasteiger partial charge in [-0.25, -0.2) is 13.1 Å². The first-order valence-corrected chi connectivity index (χ1v) is 9.47. The summed E-state index contributed by atoms with van der Waals surface area (Å²) >= 11 is 0. The molecule has 134 valence electrons. The number of morpholine rings is 1. The van der Waals surface area contributed by atoms with Crippen molar-refractivity contribution >= 4 is 16.0 Å². The molecule has 1 aromatic rings. The van der Waals surface area contributed by atoms with Crippen LogP contribution in [0.2, 0.25) is 0 Å². The summed E-state index contributed by atoms with van der Waals surface area (Å²) < 4.78 is 37.7. The molecule has 0 aliphatic carbocycles. The molecule has 0 aromatic heterocycles. The summed E-state index contributed by atoms with van der Waals surface area (Å²) in [7, 11) is -3.67. The Hall–Kier alpha value is -1.48. The Bertz CT molecular complexity index is 639. The third-order valence-corrected chi connectivity index (χ3v) is 5.28. The van der Waals surface area contributed by atoms with Crippen molar-refractivity contribution in [2.24, 2.45) is 0 Å². The topological polar surface area (TPSA) is 84.9 Å². The zero-order valence-electron chi connectivity index (χ0n) is 14.0. The molecule has 1 saturated heterocycles. The summed E-state index contributed by atoms with van der Waals surface area (Å²) in [5.74, 6) is -0.425. The average molecular weight is 356 g/mol. The van der Waals surface area contributed by atoms with Gasteiger partial charge in [-0.1, -0.05) is 17.7 Å². The van der Waals surface area contributed by atoms with Crippen LogP contribution in [0.4, 0.5) is 0 Å². The van der Waals surface area contributed by atoms with Crippen molar-refractivity contribution in [2.75, 3.05) is 39.5 Å². The molecule has 24 heavy (non-hydrogen) atoms. The number of rotatable bonds is 7. The first kappa shape index (κ1) is 18.9. The lowest BCUT2D eigenvalue weighted by Gasteiger charge is -2.32. The third-order valence-electron chi connectivity index (χ3n) is 3.84. The molecule has 1 fully saturated rings. The molecule has 0 bridgehead atoms. The molecule has 0 amide bonds. The fraction of sp³-hybridized carbons (Fsp3) is 0.562. The summed E-state index contributed by atoms with van der Waals surface area (Å²) in [6, 6.07) is 5.91. The third kappa shape index (κ3) is 5.01. The number of sulfonamides is 1. The minimum absolute atomic E-state index is 0.0327. The molecule has 7 nitrogen and oxygen atoms in total. The molecule has 0 spiro atoms. The minimum atomic E-state index is -3.67. The first-order valence-electron chi connectivity index (χ1n) is 7.99. The normalized spacial score (nSPS) is 17.4. The number of esters is 1. The van der Waals surface area contributed by atoms with Crippen LogP contribution >= 0.6 is 0 Å². The van der Waals surface area contributed by atoms with E-state index < -0.39 is 22.0 Å². The molecule has 1 aromatic carbocycles. The van der Waals surface area contributed by atoms with Crippen LogP contribution in [0.3, 0.4) is 0 Å². The van der Waals surface area contributed by atoms with Gasteiger partial charge in [0.1, 0.15) is 6.04 Å². The van der Waals surface area contributed by atoms with Crippen molar-refractivity contribution in [2.45, 2.75) is 24.8 Å². The van der Waals surface area contributed by atoms with E-state index in [1.165, 1.54) is 0 Å². The number of ether oxygens (including phenoxy) is 2. The van der Waals surface area contributed by atoms with Crippen molar-refractivity contribution in [1.29, 1.82) is 0 Å². The second kappa shape index (κ2) is 8.57. The van der Waals surface area contributed by atoms with Gasteiger partial charge in [0.15, 0.2) is 0 Å². The standard InChI is InChI=1S/C16H24N2O5S/c1-3-23-16(19)15(18-8-10-22-11-9-18)12-17-24(20,21)14-6-4-13(2)5-7-14/h4-7,15,17H,3,8-12H2,1-2H3. The lowest BCUT2D eigenvalue weighted by atomic mass is 10.2. The van der Waals surface area contributed by atoms with Crippen LogP contribution in [0.1, 0.15) is 12.5 Å². The second-order valence-corrected chi connectivity index (χ2v) is 7.35. The zero-order chi connectivity index (χ0) is 17.6. The molecule has 1 aliphatic heterocycles. The van der Waals surface area contributed by atoms with E-state index in [1.807, 2.05) is 11.8 Å². The fourth-order valence-corrected chi connectivity index (χ4v) is 3.52. The fourth-order valence-electron chi connectivity index (χ4n) is 2.48. The van der Waals surface area contributed by atoms with Gasteiger partial charge in [0.05, 0.1) is 24.7 Å². The smallest absolute Gasteiger partial charge is 0.324 e. The van der Waals surface area contributed by atoms with Crippen molar-refractivity contribution in [3.8, 4) is 0 Å². The minimum Gasteiger partial charge on any atom is -0.465 e. The van der Waals surface area contributed by atoms with E-state index >= 15 is 0 Å². The van der Waals surface area contributed by atoms with Crippen LogP contribution in [-0.2, 0) is 24.3 Å². The number of aryl methyl sites for hydroxylation is 1. The Morgan fingerprint density at radius 1 is 1.29 bits per heavy atom. The number of benzene rings is 1. The van der Waals surface area contributed by atoms with Gasteiger partial charge in [0.25, 0.3) is 0 Å². The zero-order valence-corrected chi connectivity index (χ0v) is 14.8. The van der Waals surface area contributed by atoms with Gasteiger partial charge in [-0.3, -0.25) is 9.69 Å². The second-order valence-electron chi connectivity index (χ2n) is 5.58. The molecule has 1 atom stereocenters. The van der Waals surface area contributed by atoms with Crippen LogP contribution in [0.25, 0.3) is 0 Å². The van der Waals surface area contributed by atoms with Gasteiger partial charge in [-0.15, -0.1) is 0 Å². The van der Waals surface area contributed by atoms with E-state index in [0.717, 1.165) is 5.56 Å². The number of carbonyl (C=O) groups excluding carboxylic acids is 1. The predicted octanol–water partition coefficient (Wildman–Crippen LogP) is 0.537. The number of nitrogens with zero attached hydrogens (tertiary/aromatic N) is 1. The van der Waals surface area contributed by atoms with E-state index in [0.29, 0.717) is 26.3 Å². The quantitative estimate of drug-likeness (QED) is 0.718. The number of nitrogens with one attached hydrogen (secondary N) is 1. The van der Waals surface area contributed by atoms with E-state index in [9.17, 15) is 13.2 Å². The monoisotopic (exact) mass is 356 g/mol. The maximum Gasteiger partial charge on any atom is 0.324 e. The molecule has 0 saturated carbocycles. The molecule has 2 rings (SSSR count). The lowest BCUT2D eigenvalue weighted by Crippen LogP contribution is -2.53. The van der Waals surface area contributed by atoms with E-state index in [1.54, 1.807) is 31.2 Å². The van der Waals surface area contributed by atoms with E-state index in [4.69, 9.17) is 9.47 Å². The Morgan fingerprint density at radius 2 is 1.92 bits per heavy atom. The van der Waals surface area contributed by atoms with Crippen LogP contribution in [0, 0.1) is 6.92 Å². The van der Waals surface area contributed by atoms with Crippen molar-refractivity contribution in [1.82, 2.24) is 9.62 Å². The molecule has 1 N–H and O–H groups in total. The lowest BCUT2D eigenvalue weighted by molar-refractivity contribution is -0.150. The first-order chi connectivity index (χ1) is 11.4. The molecule has 1 aliphatic rings. The molecule has 1 unspecified atom stereocenters. The molecule has 8 heteroatoms. The SMILES string of the molecule is CCOC(=O)C(CNS(=O)(=O)c1ccc(C)cc1)N1CCOCC1. The molecule has 1 heterocycles. The molecular weight excluding hydrogens is 332 g/mol. The Labute approximate surface area is 143 Å². The number of hydrogen-bond acceptors (Lipinski definition) is 6. The van der Waals surface area contributed by atoms with E-state index in [2.05, 4.69) is 4.72 Å². The van der Waals surface area contributed by atoms with Gasteiger partial charge in [-0.05, 0) is 26.0 Å². The Balaban J connectivity index is 2.08. The van der Waals surface area contributed by atoms with Crippen molar-refractivity contribution in [3.05, 3.63) is 29.8 Å². The molecular formula is C16H24N2O5S. The summed E-state index contributed by atoms with van der Waals surface area (Å²) in [5, 5.41) is 0. The molecule has 0 radical (unpaired) electrons. The van der Waals surface area contributed by atoms with Crippen LogP contribution < -0.4 is 4.72 Å². The number of carbonyl (C=O) groups is 1. The van der Waals surface area contributed by atoms with Gasteiger partial charge in [0.2, 0.25) is 10.0 Å². The summed E-state index contributed by atoms with van der Waals surface area (Å²) in [4.78, 5) is 14.3. The highest BCUT2D eigenvalue weighted by atomic mass is 32.2. The highest BCUT2D eigenvalue weighted by molar-refractivity contribution is 7.89. The maximum absolute atomic E-state index is 12.4. The van der Waals surface area contributed by atoms with Crippen molar-refractivity contribution in [3.63, 3.8) is 0 Å². The number of hydrogen-bond donors (Lipinski definition) is 1. The highest BCUT2D eigenvalue weighted by Gasteiger charge is 2.30. The maximum atomic E-state index is 12.4. The average Bonchev–Trinajstić information content (AvgIpc) is 2.56. The van der Waals surface area contributed by atoms with Crippen LogP contribution in [-0.4, -0.2) is 64.8 Å². The largest absolute Gasteiger partial charge is 0.465 e.